The SMILES string of the molecule is Cc1ccnn1[C@@H](C)C(=O)N[C@H]1CCCc2c1cnn2C. The molecule has 2 atom stereocenters. The van der Waals surface area contributed by atoms with Crippen molar-refractivity contribution in [2.24, 2.45) is 7.05 Å². The summed E-state index contributed by atoms with van der Waals surface area (Å²) in [5, 5.41) is 11.7. The Morgan fingerprint density at radius 1 is 1.48 bits per heavy atom. The van der Waals surface area contributed by atoms with Crippen LogP contribution >= 0.6 is 0 Å². The van der Waals surface area contributed by atoms with Gasteiger partial charge in [0.15, 0.2) is 0 Å². The van der Waals surface area contributed by atoms with Crippen molar-refractivity contribution in [2.45, 2.75) is 45.2 Å². The van der Waals surface area contributed by atoms with Gasteiger partial charge in [-0.05, 0) is 39.2 Å². The van der Waals surface area contributed by atoms with Gasteiger partial charge in [0.1, 0.15) is 6.04 Å². The third kappa shape index (κ3) is 2.46. The van der Waals surface area contributed by atoms with E-state index in [1.165, 1.54) is 5.69 Å². The molecule has 1 aliphatic rings. The quantitative estimate of drug-likeness (QED) is 0.934. The van der Waals surface area contributed by atoms with E-state index in [1.54, 1.807) is 10.9 Å². The minimum Gasteiger partial charge on any atom is -0.347 e. The Hall–Kier alpha value is -2.11. The van der Waals surface area contributed by atoms with Crippen LogP contribution in [0.1, 0.15) is 48.8 Å². The van der Waals surface area contributed by atoms with Crippen LogP contribution in [-0.4, -0.2) is 25.5 Å². The van der Waals surface area contributed by atoms with Crippen LogP contribution < -0.4 is 5.32 Å². The molecule has 0 saturated carbocycles. The molecule has 0 aromatic carbocycles. The molecule has 3 rings (SSSR count). The third-order valence-electron chi connectivity index (χ3n) is 4.31. The van der Waals surface area contributed by atoms with Gasteiger partial charge in [-0.1, -0.05) is 0 Å². The summed E-state index contributed by atoms with van der Waals surface area (Å²) in [6.45, 7) is 3.83. The highest BCUT2D eigenvalue weighted by Crippen LogP contribution is 2.29. The molecule has 0 spiro atoms. The summed E-state index contributed by atoms with van der Waals surface area (Å²) in [5.41, 5.74) is 3.37. The molecule has 21 heavy (non-hydrogen) atoms. The molecule has 0 radical (unpaired) electrons. The topological polar surface area (TPSA) is 64.7 Å². The average Bonchev–Trinajstić information content (AvgIpc) is 3.06. The van der Waals surface area contributed by atoms with Crippen molar-refractivity contribution < 1.29 is 4.79 Å². The summed E-state index contributed by atoms with van der Waals surface area (Å²) in [6.07, 6.45) is 6.68. The van der Waals surface area contributed by atoms with Crippen molar-refractivity contribution in [3.63, 3.8) is 0 Å². The zero-order valence-corrected chi connectivity index (χ0v) is 12.7. The lowest BCUT2D eigenvalue weighted by Gasteiger charge is -2.25. The Kier molecular flexibility index (Phi) is 3.53. The molecule has 0 fully saturated rings. The highest BCUT2D eigenvalue weighted by Gasteiger charge is 2.27. The van der Waals surface area contributed by atoms with Gasteiger partial charge in [0, 0.05) is 30.2 Å². The Labute approximate surface area is 124 Å². The van der Waals surface area contributed by atoms with E-state index in [0.29, 0.717) is 0 Å². The van der Waals surface area contributed by atoms with Crippen LogP contribution in [0, 0.1) is 6.92 Å². The van der Waals surface area contributed by atoms with Crippen molar-refractivity contribution in [3.05, 3.63) is 35.4 Å². The van der Waals surface area contributed by atoms with Crippen molar-refractivity contribution in [3.8, 4) is 0 Å². The Bertz CT molecular complexity index is 657. The van der Waals surface area contributed by atoms with Crippen LogP contribution in [0.2, 0.25) is 0 Å². The second-order valence-corrected chi connectivity index (χ2v) is 5.72. The van der Waals surface area contributed by atoms with Crippen molar-refractivity contribution in [1.29, 1.82) is 0 Å². The number of carbonyl (C=O) groups excluding carboxylic acids is 1. The van der Waals surface area contributed by atoms with Crippen molar-refractivity contribution in [1.82, 2.24) is 24.9 Å². The van der Waals surface area contributed by atoms with Gasteiger partial charge in [0.2, 0.25) is 5.91 Å². The first-order chi connectivity index (χ1) is 10.1. The van der Waals surface area contributed by atoms with Gasteiger partial charge in [-0.2, -0.15) is 10.2 Å². The summed E-state index contributed by atoms with van der Waals surface area (Å²) in [7, 11) is 1.96. The average molecular weight is 287 g/mol. The highest BCUT2D eigenvalue weighted by molar-refractivity contribution is 5.80. The number of aromatic nitrogens is 4. The number of hydrogen-bond donors (Lipinski definition) is 1. The predicted octanol–water partition coefficient (Wildman–Crippen LogP) is 1.68. The van der Waals surface area contributed by atoms with Gasteiger partial charge in [0.25, 0.3) is 0 Å². The maximum atomic E-state index is 12.5. The van der Waals surface area contributed by atoms with Gasteiger partial charge >= 0.3 is 0 Å². The zero-order chi connectivity index (χ0) is 15.0. The lowest BCUT2D eigenvalue weighted by atomic mass is 9.93. The predicted molar refractivity (Wildman–Crippen MR) is 78.7 cm³/mol. The molecule has 0 bridgehead atoms. The number of aryl methyl sites for hydroxylation is 2. The molecule has 2 aromatic rings. The number of fused-ring (bicyclic) bond motifs is 1. The second-order valence-electron chi connectivity index (χ2n) is 5.72. The lowest BCUT2D eigenvalue weighted by molar-refractivity contribution is -0.125. The van der Waals surface area contributed by atoms with E-state index in [1.807, 2.05) is 37.8 Å². The van der Waals surface area contributed by atoms with Crippen molar-refractivity contribution >= 4 is 5.91 Å². The summed E-state index contributed by atoms with van der Waals surface area (Å²) in [5.74, 6) is 0.00324. The van der Waals surface area contributed by atoms with E-state index in [9.17, 15) is 4.79 Å². The number of amides is 1. The van der Waals surface area contributed by atoms with E-state index >= 15 is 0 Å². The van der Waals surface area contributed by atoms with Gasteiger partial charge in [0.05, 0.1) is 12.2 Å². The molecule has 1 aliphatic carbocycles. The van der Waals surface area contributed by atoms with Gasteiger partial charge in [-0.3, -0.25) is 14.2 Å². The van der Waals surface area contributed by atoms with Gasteiger partial charge < -0.3 is 5.32 Å². The first kappa shape index (κ1) is 13.9. The Balaban J connectivity index is 1.75. The summed E-state index contributed by atoms with van der Waals surface area (Å²) >= 11 is 0. The molecule has 0 aliphatic heterocycles. The third-order valence-corrected chi connectivity index (χ3v) is 4.31. The van der Waals surface area contributed by atoms with Crippen LogP contribution in [0.4, 0.5) is 0 Å². The fourth-order valence-electron chi connectivity index (χ4n) is 3.05. The van der Waals surface area contributed by atoms with Crippen LogP contribution in [-0.2, 0) is 18.3 Å². The Morgan fingerprint density at radius 3 is 3.00 bits per heavy atom. The molecule has 2 heterocycles. The molecule has 1 amide bonds. The fraction of sp³-hybridized carbons (Fsp3) is 0.533. The standard InChI is InChI=1S/C15H21N5O/c1-10-7-8-16-20(10)11(2)15(21)18-13-5-4-6-14-12(13)9-17-19(14)3/h7-9,11,13H,4-6H2,1-3H3,(H,18,21)/t11-,13-/m0/s1. The summed E-state index contributed by atoms with van der Waals surface area (Å²) < 4.78 is 3.66. The van der Waals surface area contributed by atoms with Crippen LogP contribution in [0.5, 0.6) is 0 Å². The molecular formula is C15H21N5O. The monoisotopic (exact) mass is 287 g/mol. The summed E-state index contributed by atoms with van der Waals surface area (Å²) in [4.78, 5) is 12.5. The fourth-order valence-corrected chi connectivity index (χ4v) is 3.05. The van der Waals surface area contributed by atoms with Crippen LogP contribution in [0.15, 0.2) is 18.5 Å². The van der Waals surface area contributed by atoms with Gasteiger partial charge in [-0.15, -0.1) is 0 Å². The number of hydrogen-bond acceptors (Lipinski definition) is 3. The minimum atomic E-state index is -0.304. The molecule has 112 valence electrons. The minimum absolute atomic E-state index is 0.00324. The maximum Gasteiger partial charge on any atom is 0.245 e. The maximum absolute atomic E-state index is 12.5. The van der Waals surface area contributed by atoms with Crippen LogP contribution in [0.3, 0.4) is 0 Å². The molecule has 6 heteroatoms. The number of nitrogens with one attached hydrogen (secondary N) is 1. The molecule has 0 unspecified atom stereocenters. The zero-order valence-electron chi connectivity index (χ0n) is 12.7. The molecular weight excluding hydrogens is 266 g/mol. The first-order valence-electron chi connectivity index (χ1n) is 7.39. The summed E-state index contributed by atoms with van der Waals surface area (Å²) in [6, 6.07) is 1.67. The number of carbonyl (C=O) groups is 1. The molecule has 0 saturated heterocycles. The number of nitrogens with zero attached hydrogens (tertiary/aromatic N) is 4. The van der Waals surface area contributed by atoms with E-state index in [2.05, 4.69) is 15.5 Å². The smallest absolute Gasteiger partial charge is 0.245 e. The van der Waals surface area contributed by atoms with E-state index in [-0.39, 0.29) is 18.0 Å². The normalized spacial score (nSPS) is 19.1. The Morgan fingerprint density at radius 2 is 2.29 bits per heavy atom. The molecule has 6 nitrogen and oxygen atoms in total. The highest BCUT2D eigenvalue weighted by atomic mass is 16.2. The van der Waals surface area contributed by atoms with Crippen molar-refractivity contribution in [2.75, 3.05) is 0 Å². The number of rotatable bonds is 3. The molecule has 1 N–H and O–H groups in total. The van der Waals surface area contributed by atoms with E-state index in [0.717, 1.165) is 30.5 Å². The lowest BCUT2D eigenvalue weighted by Crippen LogP contribution is -2.36. The first-order valence-corrected chi connectivity index (χ1v) is 7.39. The van der Waals surface area contributed by atoms with E-state index < -0.39 is 0 Å². The van der Waals surface area contributed by atoms with Crippen LogP contribution in [0.25, 0.3) is 0 Å². The largest absolute Gasteiger partial charge is 0.347 e. The van der Waals surface area contributed by atoms with E-state index in [4.69, 9.17) is 0 Å². The molecule has 2 aromatic heterocycles. The van der Waals surface area contributed by atoms with Gasteiger partial charge in [-0.25, -0.2) is 0 Å². The second kappa shape index (κ2) is 5.35.